The van der Waals surface area contributed by atoms with Crippen molar-refractivity contribution in [3.8, 4) is 11.8 Å². The van der Waals surface area contributed by atoms with Crippen molar-refractivity contribution >= 4 is 0 Å². The van der Waals surface area contributed by atoms with Gasteiger partial charge in [0, 0.05) is 18.2 Å². The molecule has 0 aliphatic heterocycles. The summed E-state index contributed by atoms with van der Waals surface area (Å²) in [6.07, 6.45) is -5.09. The highest BCUT2D eigenvalue weighted by atomic mass is 19.4. The molecule has 0 aliphatic rings. The largest absolute Gasteiger partial charge is 0.496 e. The number of rotatable bonds is 5. The molecule has 0 fully saturated rings. The number of nitrogens with zero attached hydrogens (tertiary/aromatic N) is 1. The van der Waals surface area contributed by atoms with Gasteiger partial charge < -0.3 is 10.1 Å². The Morgan fingerprint density at radius 3 is 2.63 bits per heavy atom. The number of ether oxygens (including phenoxy) is 1. The Kier molecular flexibility index (Phi) is 5.19. The van der Waals surface area contributed by atoms with Crippen LogP contribution in [-0.4, -0.2) is 19.3 Å². The first-order chi connectivity index (χ1) is 8.85. The average Bonchev–Trinajstić information content (AvgIpc) is 2.33. The van der Waals surface area contributed by atoms with E-state index in [1.54, 1.807) is 18.2 Å². The van der Waals surface area contributed by atoms with Gasteiger partial charge in [-0.05, 0) is 25.1 Å². The number of hydrogen-bond acceptors (Lipinski definition) is 3. The van der Waals surface area contributed by atoms with E-state index in [4.69, 9.17) is 10.00 Å². The molecule has 0 amide bonds. The predicted molar refractivity (Wildman–Crippen MR) is 64.7 cm³/mol. The normalized spacial score (nSPS) is 12.8. The van der Waals surface area contributed by atoms with Crippen molar-refractivity contribution in [2.45, 2.75) is 32.1 Å². The van der Waals surface area contributed by atoms with Gasteiger partial charge in [0.15, 0.2) is 0 Å². The van der Waals surface area contributed by atoms with Crippen LogP contribution in [0.5, 0.6) is 5.75 Å². The zero-order chi connectivity index (χ0) is 14.5. The first-order valence-corrected chi connectivity index (χ1v) is 5.73. The van der Waals surface area contributed by atoms with E-state index in [1.807, 2.05) is 6.07 Å². The van der Waals surface area contributed by atoms with Crippen LogP contribution in [0.3, 0.4) is 0 Å². The van der Waals surface area contributed by atoms with Gasteiger partial charge in [-0.25, -0.2) is 0 Å². The van der Waals surface area contributed by atoms with Crippen molar-refractivity contribution in [2.75, 3.05) is 7.11 Å². The molecule has 0 saturated heterocycles. The van der Waals surface area contributed by atoms with Gasteiger partial charge in [0.1, 0.15) is 5.75 Å². The number of nitrogens with one attached hydrogen (secondary N) is 1. The van der Waals surface area contributed by atoms with E-state index in [1.165, 1.54) is 14.0 Å². The quantitative estimate of drug-likeness (QED) is 0.896. The van der Waals surface area contributed by atoms with Gasteiger partial charge in [-0.1, -0.05) is 0 Å². The standard InChI is InChI=1S/C13H15F3N2O/c1-9(6-13(14,15)16)18-8-11-5-10(7-17)3-4-12(11)19-2/h3-5,9,18H,6,8H2,1-2H3. The van der Waals surface area contributed by atoms with Crippen LogP contribution in [0.1, 0.15) is 24.5 Å². The zero-order valence-electron chi connectivity index (χ0n) is 10.7. The molecule has 0 bridgehead atoms. The van der Waals surface area contributed by atoms with Gasteiger partial charge in [-0.3, -0.25) is 0 Å². The summed E-state index contributed by atoms with van der Waals surface area (Å²) < 4.78 is 41.7. The smallest absolute Gasteiger partial charge is 0.390 e. The molecule has 6 heteroatoms. The Hall–Kier alpha value is -1.74. The fourth-order valence-electron chi connectivity index (χ4n) is 1.69. The topological polar surface area (TPSA) is 45.0 Å². The molecule has 1 aromatic rings. The van der Waals surface area contributed by atoms with Crippen LogP contribution in [0.25, 0.3) is 0 Å². The number of halogens is 3. The third-order valence-corrected chi connectivity index (χ3v) is 2.59. The SMILES string of the molecule is COc1ccc(C#N)cc1CNC(C)CC(F)(F)F. The summed E-state index contributed by atoms with van der Waals surface area (Å²) in [5.74, 6) is 0.547. The maximum absolute atomic E-state index is 12.2. The van der Waals surface area contributed by atoms with Crippen molar-refractivity contribution in [2.24, 2.45) is 0 Å². The molecule has 0 saturated carbocycles. The van der Waals surface area contributed by atoms with Crippen LogP contribution in [0.15, 0.2) is 18.2 Å². The molecule has 1 rings (SSSR count). The maximum atomic E-state index is 12.2. The van der Waals surface area contributed by atoms with Crippen LogP contribution in [-0.2, 0) is 6.54 Å². The summed E-state index contributed by atoms with van der Waals surface area (Å²) in [7, 11) is 1.48. The lowest BCUT2D eigenvalue weighted by atomic mass is 10.1. The van der Waals surface area contributed by atoms with Crippen molar-refractivity contribution in [1.29, 1.82) is 5.26 Å². The minimum absolute atomic E-state index is 0.218. The molecule has 1 aromatic carbocycles. The van der Waals surface area contributed by atoms with Crippen molar-refractivity contribution in [3.05, 3.63) is 29.3 Å². The van der Waals surface area contributed by atoms with Gasteiger partial charge >= 0.3 is 6.18 Å². The number of benzene rings is 1. The molecule has 0 radical (unpaired) electrons. The summed E-state index contributed by atoms with van der Waals surface area (Å²) in [4.78, 5) is 0. The minimum Gasteiger partial charge on any atom is -0.496 e. The van der Waals surface area contributed by atoms with E-state index < -0.39 is 18.6 Å². The molecule has 1 atom stereocenters. The average molecular weight is 272 g/mol. The Morgan fingerprint density at radius 1 is 1.42 bits per heavy atom. The number of methoxy groups -OCH3 is 1. The molecular weight excluding hydrogens is 257 g/mol. The van der Waals surface area contributed by atoms with E-state index in [2.05, 4.69) is 5.32 Å². The minimum atomic E-state index is -4.19. The molecule has 0 aliphatic carbocycles. The van der Waals surface area contributed by atoms with Gasteiger partial charge in [0.2, 0.25) is 0 Å². The van der Waals surface area contributed by atoms with Crippen LogP contribution < -0.4 is 10.1 Å². The second kappa shape index (κ2) is 6.43. The number of hydrogen-bond donors (Lipinski definition) is 1. The lowest BCUT2D eigenvalue weighted by molar-refractivity contribution is -0.139. The third-order valence-electron chi connectivity index (χ3n) is 2.59. The highest BCUT2D eigenvalue weighted by Crippen LogP contribution is 2.23. The first-order valence-electron chi connectivity index (χ1n) is 5.73. The molecule has 3 nitrogen and oxygen atoms in total. The Labute approximate surface area is 110 Å². The van der Waals surface area contributed by atoms with Crippen molar-refractivity contribution in [3.63, 3.8) is 0 Å². The lowest BCUT2D eigenvalue weighted by Gasteiger charge is -2.17. The molecule has 1 unspecified atom stereocenters. The predicted octanol–water partition coefficient (Wildman–Crippen LogP) is 3.00. The fourth-order valence-corrected chi connectivity index (χ4v) is 1.69. The number of alkyl halides is 3. The van der Waals surface area contributed by atoms with Crippen molar-refractivity contribution < 1.29 is 17.9 Å². The van der Waals surface area contributed by atoms with Gasteiger partial charge in [-0.2, -0.15) is 18.4 Å². The fraction of sp³-hybridized carbons (Fsp3) is 0.462. The maximum Gasteiger partial charge on any atom is 0.390 e. The van der Waals surface area contributed by atoms with E-state index in [0.29, 0.717) is 16.9 Å². The molecule has 1 N–H and O–H groups in total. The van der Waals surface area contributed by atoms with E-state index in [9.17, 15) is 13.2 Å². The monoisotopic (exact) mass is 272 g/mol. The third kappa shape index (κ3) is 5.18. The highest BCUT2D eigenvalue weighted by Gasteiger charge is 2.29. The van der Waals surface area contributed by atoms with Gasteiger partial charge in [-0.15, -0.1) is 0 Å². The van der Waals surface area contributed by atoms with E-state index >= 15 is 0 Å². The first kappa shape index (κ1) is 15.3. The van der Waals surface area contributed by atoms with Crippen molar-refractivity contribution in [1.82, 2.24) is 5.32 Å². The highest BCUT2D eigenvalue weighted by molar-refractivity contribution is 5.41. The second-order valence-electron chi connectivity index (χ2n) is 4.24. The Balaban J connectivity index is 2.69. The van der Waals surface area contributed by atoms with Crippen LogP contribution >= 0.6 is 0 Å². The number of nitriles is 1. The second-order valence-corrected chi connectivity index (χ2v) is 4.24. The van der Waals surface area contributed by atoms with Gasteiger partial charge in [0.05, 0.1) is 25.2 Å². The van der Waals surface area contributed by atoms with E-state index in [-0.39, 0.29) is 6.54 Å². The van der Waals surface area contributed by atoms with Gasteiger partial charge in [0.25, 0.3) is 0 Å². The Bertz CT molecular complexity index is 466. The summed E-state index contributed by atoms with van der Waals surface area (Å²) >= 11 is 0. The van der Waals surface area contributed by atoms with E-state index in [0.717, 1.165) is 0 Å². The van der Waals surface area contributed by atoms with Crippen LogP contribution in [0.4, 0.5) is 13.2 Å². The summed E-state index contributed by atoms with van der Waals surface area (Å²) in [6.45, 7) is 1.68. The zero-order valence-corrected chi connectivity index (χ0v) is 10.7. The molecular formula is C13H15F3N2O. The van der Waals surface area contributed by atoms with Crippen LogP contribution in [0, 0.1) is 11.3 Å². The lowest BCUT2D eigenvalue weighted by Crippen LogP contribution is -2.30. The summed E-state index contributed by atoms with van der Waals surface area (Å²) in [5.41, 5.74) is 1.11. The Morgan fingerprint density at radius 2 is 2.11 bits per heavy atom. The summed E-state index contributed by atoms with van der Waals surface area (Å²) in [6, 6.07) is 6.11. The molecule has 104 valence electrons. The molecule has 0 spiro atoms. The van der Waals surface area contributed by atoms with Crippen LogP contribution in [0.2, 0.25) is 0 Å². The summed E-state index contributed by atoms with van der Waals surface area (Å²) in [5, 5.41) is 11.6. The molecule has 19 heavy (non-hydrogen) atoms. The molecule has 0 aromatic heterocycles. The molecule has 0 heterocycles.